The number of nitrogens with one attached hydrogen (secondary N) is 1. The molecule has 2 rings (SSSR count). The van der Waals surface area contributed by atoms with Crippen molar-refractivity contribution in [2.45, 2.75) is 39.5 Å². The Hall–Kier alpha value is -2.03. The molecule has 3 heteroatoms. The summed E-state index contributed by atoms with van der Waals surface area (Å²) < 4.78 is 0. The molecule has 0 saturated heterocycles. The molecular weight excluding hydrogens is 274 g/mol. The number of carbonyl (C=O) groups excluding carboxylic acids is 1. The second-order valence-corrected chi connectivity index (χ2v) is 5.84. The highest BCUT2D eigenvalue weighted by Gasteiger charge is 2.14. The summed E-state index contributed by atoms with van der Waals surface area (Å²) in [5, 5.41) is 14.9. The van der Waals surface area contributed by atoms with Gasteiger partial charge in [-0.15, -0.1) is 0 Å². The van der Waals surface area contributed by atoms with Crippen LogP contribution in [-0.2, 0) is 0 Å². The van der Waals surface area contributed by atoms with Gasteiger partial charge in [-0.05, 0) is 35.2 Å². The first-order chi connectivity index (χ1) is 10.7. The van der Waals surface area contributed by atoms with Crippen molar-refractivity contribution in [3.05, 3.63) is 42.0 Å². The van der Waals surface area contributed by atoms with Crippen molar-refractivity contribution in [3.63, 3.8) is 0 Å². The number of carbonyl (C=O) groups is 1. The monoisotopic (exact) mass is 299 g/mol. The molecule has 118 valence electrons. The number of benzene rings is 2. The summed E-state index contributed by atoms with van der Waals surface area (Å²) in [5.74, 6) is 0.350. The van der Waals surface area contributed by atoms with E-state index in [0.717, 1.165) is 23.6 Å². The lowest BCUT2D eigenvalue weighted by atomic mass is 9.99. The first-order valence-corrected chi connectivity index (χ1v) is 8.15. The van der Waals surface area contributed by atoms with Crippen molar-refractivity contribution in [1.29, 1.82) is 0 Å². The third-order valence-electron chi connectivity index (χ3n) is 4.20. The van der Waals surface area contributed by atoms with E-state index in [2.05, 4.69) is 19.2 Å². The molecule has 1 atom stereocenters. The number of phenols is 1. The lowest BCUT2D eigenvalue weighted by Crippen LogP contribution is -2.29. The van der Waals surface area contributed by atoms with Crippen LogP contribution in [0.2, 0.25) is 0 Å². The van der Waals surface area contributed by atoms with Gasteiger partial charge in [-0.25, -0.2) is 0 Å². The zero-order chi connectivity index (χ0) is 15.9. The third kappa shape index (κ3) is 4.00. The van der Waals surface area contributed by atoms with Crippen LogP contribution < -0.4 is 5.32 Å². The second kappa shape index (κ2) is 7.83. The highest BCUT2D eigenvalue weighted by atomic mass is 16.3. The summed E-state index contributed by atoms with van der Waals surface area (Å²) in [4.78, 5) is 12.3. The summed E-state index contributed by atoms with van der Waals surface area (Å²) in [5.41, 5.74) is 0.351. The summed E-state index contributed by atoms with van der Waals surface area (Å²) in [7, 11) is 0. The zero-order valence-electron chi connectivity index (χ0n) is 13.4. The Kier molecular flexibility index (Phi) is 5.82. The van der Waals surface area contributed by atoms with Gasteiger partial charge in [0, 0.05) is 6.54 Å². The van der Waals surface area contributed by atoms with Gasteiger partial charge in [0.15, 0.2) is 0 Å². The quantitative estimate of drug-likeness (QED) is 0.791. The number of hydrogen-bond acceptors (Lipinski definition) is 2. The Morgan fingerprint density at radius 2 is 1.86 bits per heavy atom. The van der Waals surface area contributed by atoms with Crippen molar-refractivity contribution >= 4 is 16.7 Å². The van der Waals surface area contributed by atoms with E-state index in [1.165, 1.54) is 12.8 Å². The van der Waals surface area contributed by atoms with Gasteiger partial charge in [-0.3, -0.25) is 4.79 Å². The van der Waals surface area contributed by atoms with Gasteiger partial charge < -0.3 is 10.4 Å². The molecule has 0 aliphatic heterocycles. The van der Waals surface area contributed by atoms with E-state index in [1.54, 1.807) is 12.1 Å². The van der Waals surface area contributed by atoms with Crippen LogP contribution in [0.15, 0.2) is 36.4 Å². The normalized spacial score (nSPS) is 12.3. The van der Waals surface area contributed by atoms with E-state index in [0.29, 0.717) is 18.0 Å². The molecule has 0 fully saturated rings. The molecule has 0 spiro atoms. The first-order valence-electron chi connectivity index (χ1n) is 8.15. The van der Waals surface area contributed by atoms with Gasteiger partial charge in [0.25, 0.3) is 5.91 Å². The van der Waals surface area contributed by atoms with Gasteiger partial charge in [0.2, 0.25) is 0 Å². The Bertz CT molecular complexity index is 636. The van der Waals surface area contributed by atoms with E-state index in [4.69, 9.17) is 0 Å². The Morgan fingerprint density at radius 1 is 1.18 bits per heavy atom. The Labute approximate surface area is 132 Å². The van der Waals surface area contributed by atoms with Crippen molar-refractivity contribution in [3.8, 4) is 5.75 Å². The predicted molar refractivity (Wildman–Crippen MR) is 91.3 cm³/mol. The van der Waals surface area contributed by atoms with Crippen molar-refractivity contribution in [2.75, 3.05) is 6.54 Å². The van der Waals surface area contributed by atoms with Crippen LogP contribution in [0.4, 0.5) is 0 Å². The molecule has 1 unspecified atom stereocenters. The first kappa shape index (κ1) is 16.3. The zero-order valence-corrected chi connectivity index (χ0v) is 13.4. The van der Waals surface area contributed by atoms with Crippen molar-refractivity contribution < 1.29 is 9.90 Å². The van der Waals surface area contributed by atoms with Gasteiger partial charge in [0.1, 0.15) is 5.75 Å². The summed E-state index contributed by atoms with van der Waals surface area (Å²) >= 11 is 0. The predicted octanol–water partition coefficient (Wildman–Crippen LogP) is 4.49. The molecule has 0 aliphatic carbocycles. The molecule has 2 aromatic carbocycles. The van der Waals surface area contributed by atoms with Gasteiger partial charge in [-0.2, -0.15) is 0 Å². The highest BCUT2D eigenvalue weighted by molar-refractivity contribution is 6.01. The molecular formula is C19H25NO2. The van der Waals surface area contributed by atoms with E-state index < -0.39 is 0 Å². The third-order valence-corrected chi connectivity index (χ3v) is 4.20. The number of amides is 1. The summed E-state index contributed by atoms with van der Waals surface area (Å²) in [6.07, 6.45) is 4.56. The lowest BCUT2D eigenvalue weighted by molar-refractivity contribution is 0.0943. The van der Waals surface area contributed by atoms with Crippen LogP contribution in [0.3, 0.4) is 0 Å². The minimum atomic E-state index is -0.196. The minimum absolute atomic E-state index is 0.0396. The van der Waals surface area contributed by atoms with Crippen LogP contribution in [0.5, 0.6) is 5.75 Å². The highest BCUT2D eigenvalue weighted by Crippen LogP contribution is 2.25. The van der Waals surface area contributed by atoms with E-state index in [1.807, 2.05) is 24.3 Å². The molecule has 2 aromatic rings. The SMILES string of the molecule is CCCCC(CC)CNC(=O)c1cc2ccccc2cc1O. The number of unbranched alkanes of at least 4 members (excludes halogenated alkanes) is 1. The van der Waals surface area contributed by atoms with Crippen molar-refractivity contribution in [2.24, 2.45) is 5.92 Å². The number of rotatable bonds is 7. The van der Waals surface area contributed by atoms with Crippen LogP contribution in [0, 0.1) is 5.92 Å². The Morgan fingerprint density at radius 3 is 2.50 bits per heavy atom. The minimum Gasteiger partial charge on any atom is -0.507 e. The maximum atomic E-state index is 12.3. The molecule has 22 heavy (non-hydrogen) atoms. The largest absolute Gasteiger partial charge is 0.507 e. The maximum absolute atomic E-state index is 12.3. The van der Waals surface area contributed by atoms with Crippen molar-refractivity contribution in [1.82, 2.24) is 5.32 Å². The molecule has 0 saturated carbocycles. The van der Waals surface area contributed by atoms with E-state index in [9.17, 15) is 9.90 Å². The van der Waals surface area contributed by atoms with Crippen LogP contribution in [0.25, 0.3) is 10.8 Å². The molecule has 0 bridgehead atoms. The fourth-order valence-corrected chi connectivity index (χ4v) is 2.69. The molecule has 2 N–H and O–H groups in total. The fraction of sp³-hybridized carbons (Fsp3) is 0.421. The lowest BCUT2D eigenvalue weighted by Gasteiger charge is -2.15. The number of phenolic OH excluding ortho intramolecular Hbond substituents is 1. The Balaban J connectivity index is 2.07. The topological polar surface area (TPSA) is 49.3 Å². The van der Waals surface area contributed by atoms with Gasteiger partial charge in [0.05, 0.1) is 5.56 Å². The fourth-order valence-electron chi connectivity index (χ4n) is 2.69. The smallest absolute Gasteiger partial charge is 0.255 e. The standard InChI is InChI=1S/C19H25NO2/c1-3-5-8-14(4-2)13-20-19(22)17-11-15-9-6-7-10-16(15)12-18(17)21/h6-7,9-12,14,21H,3-5,8,13H2,1-2H3,(H,20,22). The van der Waals surface area contributed by atoms with Gasteiger partial charge in [-0.1, -0.05) is 57.4 Å². The number of hydrogen-bond donors (Lipinski definition) is 2. The molecule has 0 radical (unpaired) electrons. The summed E-state index contributed by atoms with van der Waals surface area (Å²) in [6.45, 7) is 5.00. The van der Waals surface area contributed by atoms with Crippen LogP contribution in [-0.4, -0.2) is 17.6 Å². The average Bonchev–Trinajstić information content (AvgIpc) is 2.54. The van der Waals surface area contributed by atoms with E-state index >= 15 is 0 Å². The molecule has 0 heterocycles. The molecule has 1 amide bonds. The van der Waals surface area contributed by atoms with Gasteiger partial charge >= 0.3 is 0 Å². The van der Waals surface area contributed by atoms with Crippen LogP contribution in [0.1, 0.15) is 49.9 Å². The number of fused-ring (bicyclic) bond motifs is 1. The number of aromatic hydroxyl groups is 1. The second-order valence-electron chi connectivity index (χ2n) is 5.84. The average molecular weight is 299 g/mol. The molecule has 0 aromatic heterocycles. The van der Waals surface area contributed by atoms with Crippen LogP contribution >= 0.6 is 0 Å². The summed E-state index contributed by atoms with van der Waals surface area (Å²) in [6, 6.07) is 11.1. The molecule has 3 nitrogen and oxygen atoms in total. The van der Waals surface area contributed by atoms with E-state index in [-0.39, 0.29) is 11.7 Å². The molecule has 0 aliphatic rings. The maximum Gasteiger partial charge on any atom is 0.255 e.